The van der Waals surface area contributed by atoms with Crippen molar-refractivity contribution in [3.8, 4) is 0 Å². The molecular weight excluding hydrogens is 214 g/mol. The van der Waals surface area contributed by atoms with E-state index in [4.69, 9.17) is 0 Å². The molecule has 2 rings (SSSR count). The lowest BCUT2D eigenvalue weighted by Crippen LogP contribution is -2.10. The largest absolute Gasteiger partial charge is 0.299 e. The second-order valence-electron chi connectivity index (χ2n) is 3.97. The average Bonchev–Trinajstić information content (AvgIpc) is 3.05. The third kappa shape index (κ3) is 2.32. The molecular formula is C12H10F2O2. The van der Waals surface area contributed by atoms with Crippen molar-refractivity contribution in [2.45, 2.75) is 19.3 Å². The lowest BCUT2D eigenvalue weighted by molar-refractivity contribution is -0.119. The summed E-state index contributed by atoms with van der Waals surface area (Å²) < 4.78 is 25.4. The third-order valence-corrected chi connectivity index (χ3v) is 2.61. The van der Waals surface area contributed by atoms with Crippen molar-refractivity contribution >= 4 is 11.6 Å². The van der Waals surface area contributed by atoms with Gasteiger partial charge in [0.1, 0.15) is 5.78 Å². The molecule has 0 radical (unpaired) electrons. The van der Waals surface area contributed by atoms with Gasteiger partial charge in [0.2, 0.25) is 0 Å². The maximum absolute atomic E-state index is 12.8. The zero-order valence-corrected chi connectivity index (χ0v) is 8.50. The lowest BCUT2D eigenvalue weighted by Gasteiger charge is -2.00. The monoisotopic (exact) mass is 224 g/mol. The van der Waals surface area contributed by atoms with Crippen LogP contribution in [0.3, 0.4) is 0 Å². The molecule has 1 aromatic carbocycles. The molecule has 0 saturated heterocycles. The quantitative estimate of drug-likeness (QED) is 0.581. The molecule has 0 unspecified atom stereocenters. The number of benzene rings is 1. The summed E-state index contributed by atoms with van der Waals surface area (Å²) in [5, 5.41) is 0. The SMILES string of the molecule is O=C(CC(=O)C1CC1)c1ccc(F)c(F)c1. The van der Waals surface area contributed by atoms with Gasteiger partial charge in [-0.15, -0.1) is 0 Å². The lowest BCUT2D eigenvalue weighted by atomic mass is 10.0. The second-order valence-corrected chi connectivity index (χ2v) is 3.97. The first kappa shape index (κ1) is 10.9. The molecule has 16 heavy (non-hydrogen) atoms. The molecule has 0 heterocycles. The van der Waals surface area contributed by atoms with Crippen LogP contribution in [0, 0.1) is 17.6 Å². The van der Waals surface area contributed by atoms with E-state index in [0.717, 1.165) is 25.0 Å². The van der Waals surface area contributed by atoms with Crippen molar-refractivity contribution in [2.75, 3.05) is 0 Å². The van der Waals surface area contributed by atoms with E-state index in [0.29, 0.717) is 0 Å². The average molecular weight is 224 g/mol. The first-order chi connectivity index (χ1) is 7.58. The predicted octanol–water partition coefficient (Wildman–Crippen LogP) is 2.52. The Morgan fingerprint density at radius 1 is 1.19 bits per heavy atom. The molecule has 0 atom stereocenters. The summed E-state index contributed by atoms with van der Waals surface area (Å²) in [6, 6.07) is 2.92. The second kappa shape index (κ2) is 4.12. The van der Waals surface area contributed by atoms with Crippen LogP contribution < -0.4 is 0 Å². The molecule has 84 valence electrons. The van der Waals surface area contributed by atoms with Crippen molar-refractivity contribution in [3.63, 3.8) is 0 Å². The van der Waals surface area contributed by atoms with Crippen LogP contribution in [0.1, 0.15) is 29.6 Å². The molecule has 4 heteroatoms. The molecule has 1 aromatic rings. The number of Topliss-reactive ketones (excluding diaryl/α,β-unsaturated/α-hetero) is 2. The highest BCUT2D eigenvalue weighted by atomic mass is 19.2. The Bertz CT molecular complexity index is 450. The normalized spacial score (nSPS) is 14.9. The van der Waals surface area contributed by atoms with Gasteiger partial charge in [0, 0.05) is 11.5 Å². The first-order valence-corrected chi connectivity index (χ1v) is 5.09. The fourth-order valence-corrected chi connectivity index (χ4v) is 1.48. The molecule has 0 bridgehead atoms. The zero-order chi connectivity index (χ0) is 11.7. The maximum Gasteiger partial charge on any atom is 0.170 e. The van der Waals surface area contributed by atoms with E-state index >= 15 is 0 Å². The van der Waals surface area contributed by atoms with Gasteiger partial charge in [0.15, 0.2) is 17.4 Å². The minimum absolute atomic E-state index is 0.00856. The van der Waals surface area contributed by atoms with E-state index < -0.39 is 17.4 Å². The Kier molecular flexibility index (Phi) is 2.81. The van der Waals surface area contributed by atoms with Gasteiger partial charge in [0.25, 0.3) is 0 Å². The van der Waals surface area contributed by atoms with Crippen molar-refractivity contribution in [2.24, 2.45) is 5.92 Å². The van der Waals surface area contributed by atoms with Crippen molar-refractivity contribution in [1.29, 1.82) is 0 Å². The van der Waals surface area contributed by atoms with Gasteiger partial charge in [-0.1, -0.05) is 0 Å². The summed E-state index contributed by atoms with van der Waals surface area (Å²) in [4.78, 5) is 22.9. The molecule has 1 aliphatic carbocycles. The summed E-state index contributed by atoms with van der Waals surface area (Å²) in [7, 11) is 0. The highest BCUT2D eigenvalue weighted by Gasteiger charge is 2.30. The van der Waals surface area contributed by atoms with Crippen molar-refractivity contribution < 1.29 is 18.4 Å². The number of hydrogen-bond acceptors (Lipinski definition) is 2. The minimum Gasteiger partial charge on any atom is -0.299 e. The number of carbonyl (C=O) groups is 2. The Hall–Kier alpha value is -1.58. The summed E-state index contributed by atoms with van der Waals surface area (Å²) in [5.41, 5.74) is 0.0490. The van der Waals surface area contributed by atoms with Gasteiger partial charge < -0.3 is 0 Å². The van der Waals surface area contributed by atoms with E-state index in [1.165, 1.54) is 6.07 Å². The summed E-state index contributed by atoms with van der Waals surface area (Å²) in [5.74, 6) is -2.60. The van der Waals surface area contributed by atoms with Crippen LogP contribution in [-0.4, -0.2) is 11.6 Å². The van der Waals surface area contributed by atoms with Gasteiger partial charge in [-0.25, -0.2) is 8.78 Å². The molecule has 0 N–H and O–H groups in total. The standard InChI is InChI=1S/C12H10F2O2/c13-9-4-3-8(5-10(9)14)12(16)6-11(15)7-1-2-7/h3-5,7H,1-2,6H2. The van der Waals surface area contributed by atoms with E-state index in [2.05, 4.69) is 0 Å². The fraction of sp³-hybridized carbons (Fsp3) is 0.333. The van der Waals surface area contributed by atoms with Crippen LogP contribution in [0.5, 0.6) is 0 Å². The summed E-state index contributed by atoms with van der Waals surface area (Å²) in [6.45, 7) is 0. The molecule has 1 aliphatic rings. The number of hydrogen-bond donors (Lipinski definition) is 0. The smallest absolute Gasteiger partial charge is 0.170 e. The van der Waals surface area contributed by atoms with Crippen LogP contribution >= 0.6 is 0 Å². The molecule has 1 fully saturated rings. The number of halogens is 2. The van der Waals surface area contributed by atoms with E-state index in [-0.39, 0.29) is 23.7 Å². The van der Waals surface area contributed by atoms with E-state index in [1.54, 1.807) is 0 Å². The van der Waals surface area contributed by atoms with Gasteiger partial charge >= 0.3 is 0 Å². The third-order valence-electron chi connectivity index (χ3n) is 2.61. The Morgan fingerprint density at radius 3 is 2.44 bits per heavy atom. The van der Waals surface area contributed by atoms with Crippen LogP contribution in [0.25, 0.3) is 0 Å². The van der Waals surface area contributed by atoms with Crippen molar-refractivity contribution in [1.82, 2.24) is 0 Å². The Balaban J connectivity index is 2.08. The first-order valence-electron chi connectivity index (χ1n) is 5.09. The highest BCUT2D eigenvalue weighted by molar-refractivity contribution is 6.09. The van der Waals surface area contributed by atoms with E-state index in [9.17, 15) is 18.4 Å². The molecule has 1 saturated carbocycles. The maximum atomic E-state index is 12.8. The van der Waals surface area contributed by atoms with Crippen LogP contribution in [0.2, 0.25) is 0 Å². The van der Waals surface area contributed by atoms with Crippen LogP contribution in [0.4, 0.5) is 8.78 Å². The Labute approximate surface area is 91.3 Å². The minimum atomic E-state index is -1.07. The highest BCUT2D eigenvalue weighted by Crippen LogP contribution is 2.31. The molecule has 0 aromatic heterocycles. The van der Waals surface area contributed by atoms with Crippen LogP contribution in [0.15, 0.2) is 18.2 Å². The predicted molar refractivity (Wildman–Crippen MR) is 53.0 cm³/mol. The van der Waals surface area contributed by atoms with E-state index in [1.807, 2.05) is 0 Å². The number of carbonyl (C=O) groups excluding carboxylic acids is 2. The van der Waals surface area contributed by atoms with Gasteiger partial charge in [0.05, 0.1) is 6.42 Å². The fourth-order valence-electron chi connectivity index (χ4n) is 1.48. The molecule has 2 nitrogen and oxygen atoms in total. The summed E-state index contributed by atoms with van der Waals surface area (Å²) in [6.07, 6.45) is 1.46. The molecule has 0 spiro atoms. The van der Waals surface area contributed by atoms with Crippen molar-refractivity contribution in [3.05, 3.63) is 35.4 Å². The molecule has 0 amide bonds. The van der Waals surface area contributed by atoms with Crippen LogP contribution in [-0.2, 0) is 4.79 Å². The summed E-state index contributed by atoms with van der Waals surface area (Å²) >= 11 is 0. The topological polar surface area (TPSA) is 34.1 Å². The Morgan fingerprint density at radius 2 is 1.88 bits per heavy atom. The van der Waals surface area contributed by atoms with Gasteiger partial charge in [-0.2, -0.15) is 0 Å². The zero-order valence-electron chi connectivity index (χ0n) is 8.50. The van der Waals surface area contributed by atoms with Gasteiger partial charge in [-0.05, 0) is 31.0 Å². The molecule has 0 aliphatic heterocycles. The van der Waals surface area contributed by atoms with Gasteiger partial charge in [-0.3, -0.25) is 9.59 Å². The number of rotatable bonds is 4. The number of ketones is 2.